The van der Waals surface area contributed by atoms with E-state index < -0.39 is 0 Å². The van der Waals surface area contributed by atoms with Gasteiger partial charge >= 0.3 is 5.97 Å². The van der Waals surface area contributed by atoms with Gasteiger partial charge in [0.15, 0.2) is 10.9 Å². The summed E-state index contributed by atoms with van der Waals surface area (Å²) in [5.74, 6) is 1.81. The smallest absolute Gasteiger partial charge is 0.310 e. The number of hydrogen-bond donors (Lipinski definition) is 0. The number of carbonyl (C=O) groups is 2. The van der Waals surface area contributed by atoms with Gasteiger partial charge in [-0.1, -0.05) is 51.8 Å². The van der Waals surface area contributed by atoms with E-state index in [0.717, 1.165) is 24.4 Å². The summed E-state index contributed by atoms with van der Waals surface area (Å²) in [5.41, 5.74) is 0.921. The third-order valence-electron chi connectivity index (χ3n) is 7.49. The number of carbonyl (C=O) groups excluding carboxylic acids is 2. The van der Waals surface area contributed by atoms with Gasteiger partial charge < -0.3 is 19.0 Å². The molecule has 0 bridgehead atoms. The maximum atomic E-state index is 13.1. The Morgan fingerprint density at radius 3 is 2.61 bits per heavy atom. The normalized spacial score (nSPS) is 18.9. The lowest BCUT2D eigenvalue weighted by atomic mass is 9.91. The van der Waals surface area contributed by atoms with Crippen molar-refractivity contribution in [1.82, 2.24) is 14.9 Å². The van der Waals surface area contributed by atoms with E-state index in [1.54, 1.807) is 17.9 Å². The van der Waals surface area contributed by atoms with E-state index in [0.29, 0.717) is 48.2 Å². The second kappa shape index (κ2) is 12.5. The molecule has 2 aromatic rings. The highest BCUT2D eigenvalue weighted by Gasteiger charge is 2.31. The molecule has 4 rings (SSSR count). The lowest BCUT2D eigenvalue weighted by Crippen LogP contribution is -2.42. The predicted molar refractivity (Wildman–Crippen MR) is 150 cm³/mol. The Morgan fingerprint density at radius 1 is 1.13 bits per heavy atom. The first-order valence-corrected chi connectivity index (χ1v) is 14.9. The van der Waals surface area contributed by atoms with Crippen molar-refractivity contribution in [3.8, 4) is 0 Å². The standard InChI is InChI=1S/C29H42N4O4S/c1-6-36-27(35)20-11-10-16-33(18-20)26(34)23-15-14-22(37-23)19-38-28-30-24(29(2,3)4)17-25(31-28)32(5)21-12-8-7-9-13-21/h14-15,17,20-21H,6-13,16,18-19H2,1-5H3/t20-/m0/s1. The van der Waals surface area contributed by atoms with Gasteiger partial charge in [0.2, 0.25) is 0 Å². The quantitative estimate of drug-likeness (QED) is 0.233. The molecule has 0 N–H and O–H groups in total. The number of aromatic nitrogens is 2. The Balaban J connectivity index is 1.43. The molecule has 3 heterocycles. The number of amides is 1. The molecule has 2 aromatic heterocycles. The summed E-state index contributed by atoms with van der Waals surface area (Å²) in [5, 5.41) is 0.715. The van der Waals surface area contributed by atoms with E-state index in [1.165, 1.54) is 43.9 Å². The molecule has 38 heavy (non-hydrogen) atoms. The van der Waals surface area contributed by atoms with Crippen LogP contribution in [0.1, 0.15) is 94.6 Å². The molecule has 2 fully saturated rings. The number of rotatable bonds is 8. The molecule has 1 saturated carbocycles. The molecule has 0 spiro atoms. The Labute approximate surface area is 230 Å². The SMILES string of the molecule is CCOC(=O)[C@H]1CCCN(C(=O)c2ccc(CSc3nc(N(C)C4CCCCC4)cc(C(C)(C)C)n3)o2)C1. The van der Waals surface area contributed by atoms with Crippen LogP contribution < -0.4 is 4.90 Å². The zero-order chi connectivity index (χ0) is 27.3. The summed E-state index contributed by atoms with van der Waals surface area (Å²) in [6.07, 6.45) is 7.79. The number of thioether (sulfide) groups is 1. The second-order valence-electron chi connectivity index (χ2n) is 11.4. The van der Waals surface area contributed by atoms with Gasteiger partial charge in [0, 0.05) is 37.7 Å². The highest BCUT2D eigenvalue weighted by Crippen LogP contribution is 2.31. The van der Waals surface area contributed by atoms with E-state index in [-0.39, 0.29) is 23.2 Å². The van der Waals surface area contributed by atoms with Crippen LogP contribution in [-0.4, -0.2) is 59.5 Å². The molecule has 9 heteroatoms. The van der Waals surface area contributed by atoms with Crippen molar-refractivity contribution in [3.63, 3.8) is 0 Å². The minimum atomic E-state index is -0.272. The largest absolute Gasteiger partial charge is 0.466 e. The molecule has 1 saturated heterocycles. The number of likely N-dealkylation sites (tertiary alicyclic amines) is 1. The average molecular weight is 543 g/mol. The number of ether oxygens (including phenoxy) is 1. The van der Waals surface area contributed by atoms with Crippen molar-refractivity contribution in [2.24, 2.45) is 5.92 Å². The number of furan rings is 1. The topological polar surface area (TPSA) is 88.8 Å². The van der Waals surface area contributed by atoms with Gasteiger partial charge in [-0.05, 0) is 44.7 Å². The third kappa shape index (κ3) is 7.10. The minimum absolute atomic E-state index is 0.0967. The van der Waals surface area contributed by atoms with Crippen LogP contribution in [0.4, 0.5) is 5.82 Å². The summed E-state index contributed by atoms with van der Waals surface area (Å²) in [7, 11) is 2.15. The van der Waals surface area contributed by atoms with Crippen molar-refractivity contribution >= 4 is 29.5 Å². The second-order valence-corrected chi connectivity index (χ2v) is 12.4. The van der Waals surface area contributed by atoms with Crippen LogP contribution >= 0.6 is 11.8 Å². The molecule has 8 nitrogen and oxygen atoms in total. The summed E-state index contributed by atoms with van der Waals surface area (Å²) in [4.78, 5) is 39.0. The van der Waals surface area contributed by atoms with Gasteiger partial charge in [0.25, 0.3) is 5.91 Å². The fourth-order valence-corrected chi connectivity index (χ4v) is 5.92. The molecule has 1 aliphatic carbocycles. The molecular formula is C29H42N4O4S. The molecule has 0 unspecified atom stereocenters. The van der Waals surface area contributed by atoms with Gasteiger partial charge in [0.1, 0.15) is 11.6 Å². The number of nitrogens with zero attached hydrogens (tertiary/aromatic N) is 4. The molecule has 2 aliphatic rings. The van der Waals surface area contributed by atoms with Gasteiger partial charge in [-0.15, -0.1) is 0 Å². The molecule has 208 valence electrons. The van der Waals surface area contributed by atoms with Crippen molar-refractivity contribution in [1.29, 1.82) is 0 Å². The number of esters is 1. The fraction of sp³-hybridized carbons (Fsp3) is 0.655. The van der Waals surface area contributed by atoms with Gasteiger partial charge in [-0.25, -0.2) is 9.97 Å². The molecular weight excluding hydrogens is 500 g/mol. The van der Waals surface area contributed by atoms with Crippen molar-refractivity contribution in [2.45, 2.75) is 95.0 Å². The molecule has 0 radical (unpaired) electrons. The first-order chi connectivity index (χ1) is 18.2. The number of anilines is 1. The van der Waals surface area contributed by atoms with Crippen LogP contribution in [-0.2, 0) is 20.7 Å². The van der Waals surface area contributed by atoms with E-state index in [1.807, 2.05) is 6.07 Å². The monoisotopic (exact) mass is 542 g/mol. The lowest BCUT2D eigenvalue weighted by Gasteiger charge is -2.33. The van der Waals surface area contributed by atoms with Gasteiger partial charge in [-0.2, -0.15) is 0 Å². The van der Waals surface area contributed by atoms with E-state index in [9.17, 15) is 9.59 Å². The van der Waals surface area contributed by atoms with E-state index in [4.69, 9.17) is 19.1 Å². The van der Waals surface area contributed by atoms with Crippen LogP contribution in [0.5, 0.6) is 0 Å². The summed E-state index contributed by atoms with van der Waals surface area (Å²) >= 11 is 1.52. The Hall–Kier alpha value is -2.55. The number of hydrogen-bond acceptors (Lipinski definition) is 8. The van der Waals surface area contributed by atoms with E-state index in [2.05, 4.69) is 38.8 Å². The Kier molecular flexibility index (Phi) is 9.39. The van der Waals surface area contributed by atoms with Gasteiger partial charge in [-0.3, -0.25) is 9.59 Å². The highest BCUT2D eigenvalue weighted by molar-refractivity contribution is 7.98. The molecule has 1 amide bonds. The Bertz CT molecular complexity index is 1110. The molecule has 1 aliphatic heterocycles. The maximum absolute atomic E-state index is 13.1. The lowest BCUT2D eigenvalue weighted by molar-refractivity contribution is -0.149. The third-order valence-corrected chi connectivity index (χ3v) is 8.36. The summed E-state index contributed by atoms with van der Waals surface area (Å²) in [6, 6.07) is 6.21. The predicted octanol–water partition coefficient (Wildman–Crippen LogP) is 5.84. The average Bonchev–Trinajstić information content (AvgIpc) is 3.40. The van der Waals surface area contributed by atoms with Crippen LogP contribution in [0.15, 0.2) is 27.8 Å². The summed E-state index contributed by atoms with van der Waals surface area (Å²) < 4.78 is 11.1. The van der Waals surface area contributed by atoms with Crippen molar-refractivity contribution in [3.05, 3.63) is 35.4 Å². The Morgan fingerprint density at radius 2 is 1.89 bits per heavy atom. The first kappa shape index (κ1) is 28.5. The van der Waals surface area contributed by atoms with Crippen molar-refractivity contribution < 1.29 is 18.7 Å². The van der Waals surface area contributed by atoms with Crippen LogP contribution in [0.25, 0.3) is 0 Å². The van der Waals surface area contributed by atoms with Crippen LogP contribution in [0, 0.1) is 5.92 Å². The zero-order valence-corrected chi connectivity index (χ0v) is 24.3. The maximum Gasteiger partial charge on any atom is 0.310 e. The van der Waals surface area contributed by atoms with Crippen LogP contribution in [0.2, 0.25) is 0 Å². The van der Waals surface area contributed by atoms with Crippen LogP contribution in [0.3, 0.4) is 0 Å². The van der Waals surface area contributed by atoms with Crippen molar-refractivity contribution in [2.75, 3.05) is 31.6 Å². The molecule has 1 atom stereocenters. The first-order valence-electron chi connectivity index (χ1n) is 14.0. The van der Waals surface area contributed by atoms with Gasteiger partial charge in [0.05, 0.1) is 24.0 Å². The summed E-state index contributed by atoms with van der Waals surface area (Å²) in [6.45, 7) is 9.65. The molecule has 0 aromatic carbocycles. The fourth-order valence-electron chi connectivity index (χ4n) is 5.17. The number of piperidine rings is 1. The van der Waals surface area contributed by atoms with E-state index >= 15 is 0 Å². The highest BCUT2D eigenvalue weighted by atomic mass is 32.2. The zero-order valence-electron chi connectivity index (χ0n) is 23.5. The minimum Gasteiger partial charge on any atom is -0.466 e.